The van der Waals surface area contributed by atoms with Crippen molar-refractivity contribution in [2.45, 2.75) is 40.2 Å². The van der Waals surface area contributed by atoms with E-state index in [0.717, 1.165) is 28.5 Å². The zero-order valence-corrected chi connectivity index (χ0v) is 14.4. The number of carbonyl (C=O) groups is 1. The van der Waals surface area contributed by atoms with Gasteiger partial charge in [-0.2, -0.15) is 5.10 Å². The topological polar surface area (TPSA) is 72.2 Å². The van der Waals surface area contributed by atoms with Gasteiger partial charge in [0.25, 0.3) is 5.91 Å². The monoisotopic (exact) mass is 329 g/mol. The maximum absolute atomic E-state index is 12.7. The van der Waals surface area contributed by atoms with Crippen LogP contribution in [0.15, 0.2) is 18.5 Å². The van der Waals surface area contributed by atoms with Gasteiger partial charge in [-0.05, 0) is 27.2 Å². The first-order chi connectivity index (χ1) is 11.0. The van der Waals surface area contributed by atoms with Crippen LogP contribution in [0.25, 0.3) is 5.65 Å². The molecule has 6 nitrogen and oxygen atoms in total. The van der Waals surface area contributed by atoms with Crippen LogP contribution in [-0.2, 0) is 0 Å². The quantitative estimate of drug-likeness (QED) is 0.798. The number of aryl methyl sites for hydroxylation is 3. The van der Waals surface area contributed by atoms with Crippen LogP contribution >= 0.6 is 11.3 Å². The maximum Gasteiger partial charge on any atom is 0.255 e. The van der Waals surface area contributed by atoms with E-state index in [1.165, 1.54) is 4.88 Å². The lowest BCUT2D eigenvalue weighted by atomic mass is 10.2. The van der Waals surface area contributed by atoms with Crippen LogP contribution in [0.5, 0.6) is 0 Å². The Kier molecular flexibility index (Phi) is 4.12. The summed E-state index contributed by atoms with van der Waals surface area (Å²) in [6.45, 7) is 7.95. The lowest BCUT2D eigenvalue weighted by Crippen LogP contribution is -2.29. The highest BCUT2D eigenvalue weighted by Gasteiger charge is 2.20. The van der Waals surface area contributed by atoms with E-state index in [2.05, 4.69) is 20.4 Å². The number of nitrogens with one attached hydrogen (secondary N) is 1. The molecule has 1 N–H and O–H groups in total. The number of amides is 1. The smallest absolute Gasteiger partial charge is 0.255 e. The summed E-state index contributed by atoms with van der Waals surface area (Å²) in [4.78, 5) is 22.7. The molecule has 0 radical (unpaired) electrons. The van der Waals surface area contributed by atoms with E-state index >= 15 is 0 Å². The van der Waals surface area contributed by atoms with Crippen molar-refractivity contribution in [3.8, 4) is 0 Å². The van der Waals surface area contributed by atoms with E-state index in [9.17, 15) is 4.79 Å². The third-order valence-electron chi connectivity index (χ3n) is 3.96. The van der Waals surface area contributed by atoms with Gasteiger partial charge < -0.3 is 5.32 Å². The van der Waals surface area contributed by atoms with Crippen molar-refractivity contribution in [1.82, 2.24) is 24.9 Å². The Labute approximate surface area is 138 Å². The average Bonchev–Trinajstić information content (AvgIpc) is 3.13. The number of fused-ring (bicyclic) bond motifs is 1. The fourth-order valence-electron chi connectivity index (χ4n) is 2.43. The van der Waals surface area contributed by atoms with Gasteiger partial charge in [-0.1, -0.05) is 6.92 Å². The Morgan fingerprint density at radius 3 is 2.83 bits per heavy atom. The molecule has 3 aromatic heterocycles. The molecule has 7 heteroatoms. The molecule has 3 aromatic rings. The number of nitrogens with zero attached hydrogens (tertiary/aromatic N) is 4. The van der Waals surface area contributed by atoms with Crippen molar-refractivity contribution in [1.29, 1.82) is 0 Å². The molecule has 3 heterocycles. The van der Waals surface area contributed by atoms with Crippen LogP contribution in [0.4, 0.5) is 0 Å². The number of aromatic nitrogens is 4. The van der Waals surface area contributed by atoms with Gasteiger partial charge in [0.2, 0.25) is 0 Å². The predicted molar refractivity (Wildman–Crippen MR) is 89.8 cm³/mol. The molecule has 0 spiro atoms. The summed E-state index contributed by atoms with van der Waals surface area (Å²) in [5, 5.41) is 8.21. The molecular weight excluding hydrogens is 310 g/mol. The first kappa shape index (κ1) is 15.6. The number of rotatable bonds is 4. The van der Waals surface area contributed by atoms with Gasteiger partial charge in [0.05, 0.1) is 29.2 Å². The number of hydrogen-bond acceptors (Lipinski definition) is 5. The van der Waals surface area contributed by atoms with Gasteiger partial charge in [-0.15, -0.1) is 11.3 Å². The largest absolute Gasteiger partial charge is 0.343 e. The predicted octanol–water partition coefficient (Wildman–Crippen LogP) is 2.99. The number of thiazole rings is 1. The molecule has 0 aromatic carbocycles. The number of carbonyl (C=O) groups excluding carboxylic acids is 1. The minimum absolute atomic E-state index is 0.0902. The van der Waals surface area contributed by atoms with Gasteiger partial charge in [0, 0.05) is 17.1 Å². The summed E-state index contributed by atoms with van der Waals surface area (Å²) < 4.78 is 1.67. The lowest BCUT2D eigenvalue weighted by Gasteiger charge is -2.15. The molecule has 1 atom stereocenters. The highest BCUT2D eigenvalue weighted by molar-refractivity contribution is 7.11. The second-order valence-corrected chi connectivity index (χ2v) is 6.72. The van der Waals surface area contributed by atoms with Gasteiger partial charge >= 0.3 is 0 Å². The molecule has 0 saturated heterocycles. The summed E-state index contributed by atoms with van der Waals surface area (Å²) in [5.41, 5.74) is 3.06. The first-order valence-electron chi connectivity index (χ1n) is 7.55. The molecule has 0 aliphatic carbocycles. The van der Waals surface area contributed by atoms with Gasteiger partial charge in [-0.25, -0.2) is 14.5 Å². The summed E-state index contributed by atoms with van der Waals surface area (Å²) in [6.07, 6.45) is 4.06. The zero-order valence-electron chi connectivity index (χ0n) is 13.6. The van der Waals surface area contributed by atoms with Gasteiger partial charge in [-0.3, -0.25) is 4.79 Å². The van der Waals surface area contributed by atoms with E-state index in [-0.39, 0.29) is 11.9 Å². The summed E-state index contributed by atoms with van der Waals surface area (Å²) in [6, 6.07) is 1.72. The Morgan fingerprint density at radius 2 is 2.17 bits per heavy atom. The van der Waals surface area contributed by atoms with Crippen molar-refractivity contribution >= 4 is 22.9 Å². The summed E-state index contributed by atoms with van der Waals surface area (Å²) >= 11 is 1.63. The lowest BCUT2D eigenvalue weighted by molar-refractivity contribution is 0.0934. The fourth-order valence-corrected chi connectivity index (χ4v) is 3.49. The molecular formula is C16H19N5OS. The minimum Gasteiger partial charge on any atom is -0.343 e. The Morgan fingerprint density at radius 1 is 1.39 bits per heavy atom. The third kappa shape index (κ3) is 2.84. The van der Waals surface area contributed by atoms with E-state index in [1.54, 1.807) is 28.2 Å². The normalized spacial score (nSPS) is 12.5. The van der Waals surface area contributed by atoms with Gasteiger partial charge in [0.1, 0.15) is 5.01 Å². The van der Waals surface area contributed by atoms with Gasteiger partial charge in [0.15, 0.2) is 5.65 Å². The molecule has 3 rings (SSSR count). The summed E-state index contributed by atoms with van der Waals surface area (Å²) in [7, 11) is 0. The SMILES string of the molecule is CC[C@@H](NC(=O)c1cnc2ccnn2c1C)c1nc(C)c(C)s1. The number of hydrogen-bond donors (Lipinski definition) is 1. The van der Waals surface area contributed by atoms with Crippen LogP contribution < -0.4 is 5.32 Å². The van der Waals surface area contributed by atoms with Crippen molar-refractivity contribution in [3.05, 3.63) is 45.3 Å². The molecule has 0 bridgehead atoms. The molecule has 0 saturated carbocycles. The average molecular weight is 329 g/mol. The first-order valence-corrected chi connectivity index (χ1v) is 8.37. The Balaban J connectivity index is 1.87. The van der Waals surface area contributed by atoms with E-state index in [0.29, 0.717) is 5.56 Å². The van der Waals surface area contributed by atoms with Crippen LogP contribution in [0.1, 0.15) is 51.0 Å². The molecule has 120 valence electrons. The molecule has 1 amide bonds. The Hall–Kier alpha value is -2.28. The van der Waals surface area contributed by atoms with E-state index in [1.807, 2.05) is 33.8 Å². The third-order valence-corrected chi connectivity index (χ3v) is 5.14. The standard InChI is InChI=1S/C16H19N5OS/c1-5-13(16-19-9(2)11(4)23-16)20-15(22)12-8-17-14-6-7-18-21(14)10(12)3/h6-8,13H,5H2,1-4H3,(H,20,22)/t13-/m1/s1. The van der Waals surface area contributed by atoms with Crippen LogP contribution in [-0.4, -0.2) is 25.5 Å². The highest BCUT2D eigenvalue weighted by Crippen LogP contribution is 2.25. The Bertz CT molecular complexity index is 847. The van der Waals surface area contributed by atoms with Crippen LogP contribution in [0.3, 0.4) is 0 Å². The van der Waals surface area contributed by atoms with E-state index < -0.39 is 0 Å². The summed E-state index contributed by atoms with van der Waals surface area (Å²) in [5.74, 6) is -0.148. The second-order valence-electron chi connectivity index (χ2n) is 5.49. The van der Waals surface area contributed by atoms with Crippen LogP contribution in [0.2, 0.25) is 0 Å². The van der Waals surface area contributed by atoms with E-state index in [4.69, 9.17) is 0 Å². The van der Waals surface area contributed by atoms with Crippen molar-refractivity contribution in [2.24, 2.45) is 0 Å². The fraction of sp³-hybridized carbons (Fsp3) is 0.375. The molecule has 0 fully saturated rings. The molecule has 0 unspecified atom stereocenters. The van der Waals surface area contributed by atoms with Crippen LogP contribution in [0, 0.1) is 20.8 Å². The highest BCUT2D eigenvalue weighted by atomic mass is 32.1. The maximum atomic E-state index is 12.7. The molecule has 0 aliphatic heterocycles. The molecule has 0 aliphatic rings. The minimum atomic E-state index is -0.148. The molecule has 23 heavy (non-hydrogen) atoms. The second kappa shape index (κ2) is 6.08. The van der Waals surface area contributed by atoms with Crippen molar-refractivity contribution in [2.75, 3.05) is 0 Å². The zero-order chi connectivity index (χ0) is 16.6. The van der Waals surface area contributed by atoms with Crippen molar-refractivity contribution in [3.63, 3.8) is 0 Å². The van der Waals surface area contributed by atoms with Crippen molar-refractivity contribution < 1.29 is 4.79 Å².